The maximum Gasteiger partial charge on any atom is 0.338 e. The van der Waals surface area contributed by atoms with E-state index in [1.54, 1.807) is 0 Å². The lowest BCUT2D eigenvalue weighted by molar-refractivity contribution is 0.0526. The van der Waals surface area contributed by atoms with Gasteiger partial charge in [0.15, 0.2) is 0 Å². The summed E-state index contributed by atoms with van der Waals surface area (Å²) in [6.45, 7) is 4.48. The molecule has 0 unspecified atom stereocenters. The van der Waals surface area contributed by atoms with Crippen molar-refractivity contribution in [2.75, 3.05) is 6.61 Å². The van der Waals surface area contributed by atoms with E-state index in [0.717, 1.165) is 6.42 Å². The number of ether oxygens (including phenoxy) is 1. The normalized spacial score (nSPS) is 10.3. The average Bonchev–Trinajstić information content (AvgIpc) is 2.39. The predicted molar refractivity (Wildman–Crippen MR) is 74.9 cm³/mol. The van der Waals surface area contributed by atoms with E-state index >= 15 is 0 Å². The number of benzene rings is 1. The van der Waals surface area contributed by atoms with E-state index in [0.29, 0.717) is 12.2 Å². The molecule has 0 heterocycles. The van der Waals surface area contributed by atoms with Crippen LogP contribution >= 0.6 is 0 Å². The maximum absolute atomic E-state index is 11.5. The highest BCUT2D eigenvalue weighted by molar-refractivity contribution is 5.89. The molecule has 0 N–H and O–H groups in total. The molecular formula is C16H24O2. The van der Waals surface area contributed by atoms with Crippen molar-refractivity contribution in [2.45, 2.75) is 52.4 Å². The summed E-state index contributed by atoms with van der Waals surface area (Å²) < 4.78 is 4.95. The van der Waals surface area contributed by atoms with Crippen LogP contribution in [0.3, 0.4) is 0 Å². The highest BCUT2D eigenvalue weighted by atomic mass is 16.5. The first-order chi connectivity index (χ1) is 8.77. The van der Waals surface area contributed by atoms with Crippen LogP contribution < -0.4 is 0 Å². The van der Waals surface area contributed by atoms with Gasteiger partial charge in [-0.1, -0.05) is 44.7 Å². The van der Waals surface area contributed by atoms with Crippen LogP contribution in [0.15, 0.2) is 24.3 Å². The van der Waals surface area contributed by atoms with Crippen LogP contribution in [0, 0.1) is 0 Å². The average molecular weight is 248 g/mol. The first kappa shape index (κ1) is 14.7. The molecule has 0 fully saturated rings. The largest absolute Gasteiger partial charge is 0.462 e. The molecule has 0 atom stereocenters. The number of carbonyl (C=O) groups excluding carboxylic acids is 1. The second-order valence-electron chi connectivity index (χ2n) is 4.58. The first-order valence-corrected chi connectivity index (χ1v) is 7.04. The second kappa shape index (κ2) is 8.73. The summed E-state index contributed by atoms with van der Waals surface area (Å²) in [5, 5.41) is 0. The topological polar surface area (TPSA) is 26.3 Å². The van der Waals surface area contributed by atoms with Crippen molar-refractivity contribution in [1.29, 1.82) is 0 Å². The van der Waals surface area contributed by atoms with E-state index < -0.39 is 0 Å². The van der Waals surface area contributed by atoms with Gasteiger partial charge >= 0.3 is 5.97 Å². The van der Waals surface area contributed by atoms with Crippen LogP contribution in [0.4, 0.5) is 0 Å². The molecule has 100 valence electrons. The fourth-order valence-electron chi connectivity index (χ4n) is 1.95. The minimum atomic E-state index is -0.230. The summed E-state index contributed by atoms with van der Waals surface area (Å²) in [6.07, 6.45) is 7.59. The summed E-state index contributed by atoms with van der Waals surface area (Å²) in [4.78, 5) is 11.5. The molecule has 0 radical (unpaired) electrons. The minimum Gasteiger partial charge on any atom is -0.462 e. The molecule has 0 saturated carbocycles. The van der Waals surface area contributed by atoms with Crippen molar-refractivity contribution in [3.63, 3.8) is 0 Å². The van der Waals surface area contributed by atoms with E-state index in [-0.39, 0.29) is 5.97 Å². The van der Waals surface area contributed by atoms with Gasteiger partial charge in [0.25, 0.3) is 0 Å². The third-order valence-corrected chi connectivity index (χ3v) is 3.03. The molecule has 1 aromatic carbocycles. The summed E-state index contributed by atoms with van der Waals surface area (Å²) in [5.74, 6) is -0.230. The van der Waals surface area contributed by atoms with Crippen LogP contribution in [-0.2, 0) is 11.2 Å². The zero-order valence-electron chi connectivity index (χ0n) is 11.6. The molecule has 0 aliphatic heterocycles. The van der Waals surface area contributed by atoms with Crippen LogP contribution in [-0.4, -0.2) is 12.6 Å². The molecular weight excluding hydrogens is 224 g/mol. The van der Waals surface area contributed by atoms with Crippen molar-refractivity contribution < 1.29 is 9.53 Å². The molecule has 0 spiro atoms. The number of hydrogen-bond donors (Lipinski definition) is 0. The standard InChI is InChI=1S/C16H24O2/c1-3-5-6-7-8-9-14-10-12-15(13-11-14)16(17)18-4-2/h10-13H,3-9H2,1-2H3. The quantitative estimate of drug-likeness (QED) is 0.504. The van der Waals surface area contributed by atoms with Gasteiger partial charge in [-0.2, -0.15) is 0 Å². The van der Waals surface area contributed by atoms with Gasteiger partial charge in [0.05, 0.1) is 12.2 Å². The zero-order valence-corrected chi connectivity index (χ0v) is 11.6. The Morgan fingerprint density at radius 1 is 1.00 bits per heavy atom. The van der Waals surface area contributed by atoms with Crippen molar-refractivity contribution in [3.05, 3.63) is 35.4 Å². The van der Waals surface area contributed by atoms with E-state index in [9.17, 15) is 4.79 Å². The number of esters is 1. The number of rotatable bonds is 8. The SMILES string of the molecule is CCCCCCCc1ccc(C(=O)OCC)cc1. The van der Waals surface area contributed by atoms with Gasteiger partial charge in [0.2, 0.25) is 0 Å². The monoisotopic (exact) mass is 248 g/mol. The first-order valence-electron chi connectivity index (χ1n) is 7.04. The lowest BCUT2D eigenvalue weighted by atomic mass is 10.0. The van der Waals surface area contributed by atoms with Gasteiger partial charge in [-0.05, 0) is 37.5 Å². The van der Waals surface area contributed by atoms with E-state index in [1.165, 1.54) is 37.7 Å². The number of hydrogen-bond acceptors (Lipinski definition) is 2. The Labute approximate surface area is 110 Å². The van der Waals surface area contributed by atoms with E-state index in [4.69, 9.17) is 4.74 Å². The van der Waals surface area contributed by atoms with Gasteiger partial charge in [0, 0.05) is 0 Å². The summed E-state index contributed by atoms with van der Waals surface area (Å²) >= 11 is 0. The third-order valence-electron chi connectivity index (χ3n) is 3.03. The lowest BCUT2D eigenvalue weighted by Gasteiger charge is -2.04. The summed E-state index contributed by atoms with van der Waals surface area (Å²) in [7, 11) is 0. The van der Waals surface area contributed by atoms with Crippen LogP contribution in [0.2, 0.25) is 0 Å². The molecule has 0 aromatic heterocycles. The number of carbonyl (C=O) groups is 1. The number of aryl methyl sites for hydroxylation is 1. The Morgan fingerprint density at radius 3 is 2.28 bits per heavy atom. The Balaban J connectivity index is 2.33. The Morgan fingerprint density at radius 2 is 1.67 bits per heavy atom. The van der Waals surface area contributed by atoms with Gasteiger partial charge < -0.3 is 4.74 Å². The summed E-state index contributed by atoms with van der Waals surface area (Å²) in [6, 6.07) is 7.79. The molecule has 0 aliphatic rings. The molecule has 2 heteroatoms. The van der Waals surface area contributed by atoms with Gasteiger partial charge in [0.1, 0.15) is 0 Å². The zero-order chi connectivity index (χ0) is 13.2. The van der Waals surface area contributed by atoms with Gasteiger partial charge in [-0.25, -0.2) is 4.79 Å². The minimum absolute atomic E-state index is 0.230. The molecule has 0 saturated heterocycles. The van der Waals surface area contributed by atoms with E-state index in [1.807, 2.05) is 31.2 Å². The van der Waals surface area contributed by atoms with Gasteiger partial charge in [-0.15, -0.1) is 0 Å². The Hall–Kier alpha value is -1.31. The molecule has 2 nitrogen and oxygen atoms in total. The highest BCUT2D eigenvalue weighted by Crippen LogP contribution is 2.11. The van der Waals surface area contributed by atoms with Crippen LogP contribution in [0.1, 0.15) is 61.9 Å². The predicted octanol–water partition coefficient (Wildman–Crippen LogP) is 4.38. The molecule has 1 rings (SSSR count). The van der Waals surface area contributed by atoms with Crippen LogP contribution in [0.5, 0.6) is 0 Å². The molecule has 0 aliphatic carbocycles. The van der Waals surface area contributed by atoms with Crippen molar-refractivity contribution in [3.8, 4) is 0 Å². The van der Waals surface area contributed by atoms with Gasteiger partial charge in [-0.3, -0.25) is 0 Å². The Kier molecular flexibility index (Phi) is 7.16. The van der Waals surface area contributed by atoms with Crippen molar-refractivity contribution in [1.82, 2.24) is 0 Å². The van der Waals surface area contributed by atoms with E-state index in [2.05, 4.69) is 6.92 Å². The van der Waals surface area contributed by atoms with Crippen LogP contribution in [0.25, 0.3) is 0 Å². The Bertz CT molecular complexity index is 341. The maximum atomic E-state index is 11.5. The third kappa shape index (κ3) is 5.35. The molecule has 18 heavy (non-hydrogen) atoms. The second-order valence-corrected chi connectivity index (χ2v) is 4.58. The van der Waals surface area contributed by atoms with Crippen molar-refractivity contribution >= 4 is 5.97 Å². The fraction of sp³-hybridized carbons (Fsp3) is 0.562. The fourth-order valence-corrected chi connectivity index (χ4v) is 1.95. The highest BCUT2D eigenvalue weighted by Gasteiger charge is 2.05. The smallest absolute Gasteiger partial charge is 0.338 e. The van der Waals surface area contributed by atoms with Crippen molar-refractivity contribution in [2.24, 2.45) is 0 Å². The molecule has 0 bridgehead atoms. The lowest BCUT2D eigenvalue weighted by Crippen LogP contribution is -2.04. The summed E-state index contributed by atoms with van der Waals surface area (Å²) in [5.41, 5.74) is 1.95. The molecule has 1 aromatic rings. The number of unbranched alkanes of at least 4 members (excludes halogenated alkanes) is 4. The molecule has 0 amide bonds.